The quantitative estimate of drug-likeness (QED) is 0.881. The number of benzene rings is 1. The highest BCUT2D eigenvalue weighted by Gasteiger charge is 2.14. The minimum atomic E-state index is -1.06. The van der Waals surface area contributed by atoms with Crippen LogP contribution in [0.5, 0.6) is 0 Å². The van der Waals surface area contributed by atoms with Gasteiger partial charge in [-0.15, -0.1) is 0 Å². The second-order valence-corrected chi connectivity index (χ2v) is 3.66. The van der Waals surface area contributed by atoms with Crippen molar-refractivity contribution in [1.29, 1.82) is 0 Å². The van der Waals surface area contributed by atoms with Gasteiger partial charge in [0, 0.05) is 25.2 Å². The van der Waals surface area contributed by atoms with Crippen molar-refractivity contribution in [1.82, 2.24) is 4.90 Å². The van der Waals surface area contributed by atoms with Crippen molar-refractivity contribution in [2.45, 2.75) is 13.8 Å². The van der Waals surface area contributed by atoms with E-state index < -0.39 is 23.1 Å². The predicted octanol–water partition coefficient (Wildman–Crippen LogP) is 2.38. The fourth-order valence-corrected chi connectivity index (χ4v) is 1.56. The zero-order chi connectivity index (χ0) is 13.7. The predicted molar refractivity (Wildman–Crippen MR) is 62.7 cm³/mol. The molecule has 1 amide bonds. The molecule has 0 heterocycles. The van der Waals surface area contributed by atoms with Crippen LogP contribution in [-0.2, 0) is 4.79 Å². The Bertz CT molecular complexity index is 410. The van der Waals surface area contributed by atoms with Gasteiger partial charge in [-0.3, -0.25) is 4.79 Å². The Kier molecular flexibility index (Phi) is 5.00. The van der Waals surface area contributed by atoms with Crippen LogP contribution in [0.2, 0.25) is 0 Å². The Hall–Kier alpha value is -1.72. The van der Waals surface area contributed by atoms with Crippen LogP contribution in [0.1, 0.15) is 13.8 Å². The Morgan fingerprint density at radius 3 is 2.11 bits per heavy atom. The molecule has 0 saturated carbocycles. The average molecular weight is 260 g/mol. The van der Waals surface area contributed by atoms with Crippen molar-refractivity contribution in [3.8, 4) is 0 Å². The molecule has 18 heavy (non-hydrogen) atoms. The highest BCUT2D eigenvalue weighted by atomic mass is 19.1. The molecule has 1 rings (SSSR count). The van der Waals surface area contributed by atoms with Gasteiger partial charge >= 0.3 is 0 Å². The van der Waals surface area contributed by atoms with E-state index in [0.29, 0.717) is 25.2 Å². The Morgan fingerprint density at radius 1 is 1.17 bits per heavy atom. The summed E-state index contributed by atoms with van der Waals surface area (Å²) in [5.41, 5.74) is -0.489. The molecule has 0 fully saturated rings. The number of anilines is 1. The average Bonchev–Trinajstić information content (AvgIpc) is 2.29. The number of carbonyl (C=O) groups excluding carboxylic acids is 1. The normalized spacial score (nSPS) is 10.3. The molecule has 0 bridgehead atoms. The van der Waals surface area contributed by atoms with E-state index in [4.69, 9.17) is 0 Å². The van der Waals surface area contributed by atoms with Crippen LogP contribution in [0.4, 0.5) is 18.9 Å². The third-order valence-electron chi connectivity index (χ3n) is 2.54. The maximum atomic E-state index is 13.3. The maximum Gasteiger partial charge on any atom is 0.241 e. The van der Waals surface area contributed by atoms with E-state index in [2.05, 4.69) is 5.32 Å². The minimum absolute atomic E-state index is 0.235. The van der Waals surface area contributed by atoms with Gasteiger partial charge in [0.15, 0.2) is 11.6 Å². The first-order chi connectivity index (χ1) is 8.49. The molecule has 3 nitrogen and oxygen atoms in total. The maximum absolute atomic E-state index is 13.3. The summed E-state index contributed by atoms with van der Waals surface area (Å²) in [6.07, 6.45) is 0. The van der Waals surface area contributed by atoms with Gasteiger partial charge in [0.05, 0.1) is 6.54 Å². The molecule has 0 aliphatic carbocycles. The first-order valence-electron chi connectivity index (χ1n) is 5.65. The van der Waals surface area contributed by atoms with Crippen molar-refractivity contribution in [3.05, 3.63) is 29.6 Å². The van der Waals surface area contributed by atoms with Gasteiger partial charge in [-0.2, -0.15) is 0 Å². The highest BCUT2D eigenvalue weighted by Crippen LogP contribution is 2.19. The lowest BCUT2D eigenvalue weighted by molar-refractivity contribution is -0.128. The third kappa shape index (κ3) is 3.38. The van der Waals surface area contributed by atoms with E-state index in [1.54, 1.807) is 13.8 Å². The number of rotatable bonds is 5. The summed E-state index contributed by atoms with van der Waals surface area (Å²) in [7, 11) is 0. The van der Waals surface area contributed by atoms with Gasteiger partial charge < -0.3 is 10.2 Å². The lowest BCUT2D eigenvalue weighted by Gasteiger charge is -2.19. The van der Waals surface area contributed by atoms with Crippen molar-refractivity contribution in [2.75, 3.05) is 25.0 Å². The van der Waals surface area contributed by atoms with Crippen LogP contribution in [0.15, 0.2) is 12.1 Å². The molecule has 0 aromatic heterocycles. The molecule has 1 N–H and O–H groups in total. The molecule has 0 spiro atoms. The molecule has 1 aromatic rings. The van der Waals surface area contributed by atoms with Crippen LogP contribution >= 0.6 is 0 Å². The number of likely N-dealkylation sites (N-methyl/N-ethyl adjacent to an activating group) is 1. The van der Waals surface area contributed by atoms with Crippen LogP contribution in [0.3, 0.4) is 0 Å². The number of amides is 1. The van der Waals surface area contributed by atoms with Crippen LogP contribution in [-0.4, -0.2) is 30.4 Å². The highest BCUT2D eigenvalue weighted by molar-refractivity contribution is 5.80. The summed E-state index contributed by atoms with van der Waals surface area (Å²) in [6.45, 7) is 4.42. The summed E-state index contributed by atoms with van der Waals surface area (Å²) in [5, 5.41) is 2.35. The van der Waals surface area contributed by atoms with Crippen LogP contribution in [0, 0.1) is 17.5 Å². The van der Waals surface area contributed by atoms with Gasteiger partial charge in [-0.05, 0) is 13.8 Å². The van der Waals surface area contributed by atoms with E-state index in [-0.39, 0.29) is 12.5 Å². The molecule has 0 radical (unpaired) electrons. The zero-order valence-corrected chi connectivity index (χ0v) is 10.3. The summed E-state index contributed by atoms with van der Waals surface area (Å²) in [5.74, 6) is -3.38. The molecule has 1 aromatic carbocycles. The van der Waals surface area contributed by atoms with Gasteiger partial charge in [0.2, 0.25) is 5.91 Å². The molecule has 0 aliphatic heterocycles. The number of hydrogen-bond donors (Lipinski definition) is 1. The van der Waals surface area contributed by atoms with E-state index in [1.165, 1.54) is 4.90 Å². The summed E-state index contributed by atoms with van der Waals surface area (Å²) >= 11 is 0. The molecule has 0 saturated heterocycles. The SMILES string of the molecule is CCN(CC)C(=O)CNc1c(F)cc(F)cc1F. The van der Waals surface area contributed by atoms with Gasteiger partial charge in [0.1, 0.15) is 11.5 Å². The van der Waals surface area contributed by atoms with Crippen molar-refractivity contribution < 1.29 is 18.0 Å². The molecule has 0 atom stereocenters. The number of halogens is 3. The summed E-state index contributed by atoms with van der Waals surface area (Å²) in [4.78, 5) is 13.1. The van der Waals surface area contributed by atoms with E-state index >= 15 is 0 Å². The second-order valence-electron chi connectivity index (χ2n) is 3.66. The molecular weight excluding hydrogens is 245 g/mol. The lowest BCUT2D eigenvalue weighted by Crippen LogP contribution is -2.35. The van der Waals surface area contributed by atoms with Gasteiger partial charge in [-0.25, -0.2) is 13.2 Å². The smallest absolute Gasteiger partial charge is 0.241 e. The van der Waals surface area contributed by atoms with Crippen molar-refractivity contribution >= 4 is 11.6 Å². The van der Waals surface area contributed by atoms with E-state index in [0.717, 1.165) is 0 Å². The Labute approximate surface area is 104 Å². The standard InChI is InChI=1S/C12H15F3N2O/c1-3-17(4-2)11(18)7-16-12-9(14)5-8(13)6-10(12)15/h5-6,16H,3-4,7H2,1-2H3. The first-order valence-corrected chi connectivity index (χ1v) is 5.65. The summed E-state index contributed by atoms with van der Waals surface area (Å²) in [6, 6.07) is 1.13. The second kappa shape index (κ2) is 6.28. The molecular formula is C12H15F3N2O. The first kappa shape index (κ1) is 14.3. The number of nitrogens with zero attached hydrogens (tertiary/aromatic N) is 1. The summed E-state index contributed by atoms with van der Waals surface area (Å²) < 4.78 is 39.2. The Balaban J connectivity index is 2.72. The fourth-order valence-electron chi connectivity index (χ4n) is 1.56. The molecule has 6 heteroatoms. The number of carbonyl (C=O) groups is 1. The van der Waals surface area contributed by atoms with Gasteiger partial charge in [0.25, 0.3) is 0 Å². The van der Waals surface area contributed by atoms with Crippen LogP contribution < -0.4 is 5.32 Å². The Morgan fingerprint density at radius 2 is 1.67 bits per heavy atom. The van der Waals surface area contributed by atoms with E-state index in [9.17, 15) is 18.0 Å². The lowest BCUT2D eigenvalue weighted by atomic mass is 10.2. The largest absolute Gasteiger partial charge is 0.371 e. The number of hydrogen-bond acceptors (Lipinski definition) is 2. The number of nitrogens with one attached hydrogen (secondary N) is 1. The minimum Gasteiger partial charge on any atom is -0.371 e. The zero-order valence-electron chi connectivity index (χ0n) is 10.3. The van der Waals surface area contributed by atoms with Crippen LogP contribution in [0.25, 0.3) is 0 Å². The molecule has 0 unspecified atom stereocenters. The molecule has 100 valence electrons. The third-order valence-corrected chi connectivity index (χ3v) is 2.54. The van der Waals surface area contributed by atoms with Crippen molar-refractivity contribution in [2.24, 2.45) is 0 Å². The monoisotopic (exact) mass is 260 g/mol. The topological polar surface area (TPSA) is 32.3 Å². The van der Waals surface area contributed by atoms with E-state index in [1.807, 2.05) is 0 Å². The molecule has 0 aliphatic rings. The van der Waals surface area contributed by atoms with Gasteiger partial charge in [-0.1, -0.05) is 0 Å². The fraction of sp³-hybridized carbons (Fsp3) is 0.417. The van der Waals surface area contributed by atoms with Crippen molar-refractivity contribution in [3.63, 3.8) is 0 Å².